The maximum absolute atomic E-state index is 6.26. The lowest BCUT2D eigenvalue weighted by Crippen LogP contribution is -2.48. The molecular weight excluding hydrogens is 304 g/mol. The topological polar surface area (TPSA) is 38.1 Å². The monoisotopic (exact) mass is 334 g/mol. The van der Waals surface area contributed by atoms with Gasteiger partial charge in [-0.2, -0.15) is 0 Å². The first-order valence-electron chi connectivity index (χ1n) is 9.49. The smallest absolute Gasteiger partial charge is 0.118 e. The van der Waals surface area contributed by atoms with Crippen molar-refractivity contribution < 1.29 is 13.9 Å². The fourth-order valence-corrected chi connectivity index (χ4v) is 4.46. The summed E-state index contributed by atoms with van der Waals surface area (Å²) in [6, 6.07) is 4.85. The minimum absolute atomic E-state index is 0.375. The number of rotatable bonds is 3. The molecule has 0 radical (unpaired) electrons. The summed E-state index contributed by atoms with van der Waals surface area (Å²) in [7, 11) is 0. The molecule has 4 rings (SSSR count). The van der Waals surface area contributed by atoms with Crippen LogP contribution in [0.3, 0.4) is 0 Å². The summed E-state index contributed by atoms with van der Waals surface area (Å²) < 4.78 is 17.5. The van der Waals surface area contributed by atoms with Crippen LogP contribution in [-0.4, -0.2) is 67.9 Å². The molecule has 5 nitrogen and oxygen atoms in total. The zero-order chi connectivity index (χ0) is 16.4. The van der Waals surface area contributed by atoms with Crippen molar-refractivity contribution in [2.75, 3.05) is 46.0 Å². The van der Waals surface area contributed by atoms with Crippen LogP contribution in [0, 0.1) is 12.8 Å². The van der Waals surface area contributed by atoms with Gasteiger partial charge in [-0.3, -0.25) is 9.80 Å². The van der Waals surface area contributed by atoms with Crippen LogP contribution in [0.15, 0.2) is 16.5 Å². The molecule has 1 aromatic heterocycles. The highest BCUT2D eigenvalue weighted by atomic mass is 16.5. The van der Waals surface area contributed by atoms with Gasteiger partial charge in [-0.15, -0.1) is 0 Å². The van der Waals surface area contributed by atoms with Crippen LogP contribution in [0.4, 0.5) is 0 Å². The van der Waals surface area contributed by atoms with Crippen molar-refractivity contribution in [1.29, 1.82) is 0 Å². The molecule has 3 aliphatic heterocycles. The second kappa shape index (κ2) is 7.56. The first-order chi connectivity index (χ1) is 11.8. The molecule has 1 aromatic rings. The highest BCUT2D eigenvalue weighted by molar-refractivity contribution is 5.05. The van der Waals surface area contributed by atoms with Gasteiger partial charge in [-0.05, 0) is 44.9 Å². The highest BCUT2D eigenvalue weighted by Crippen LogP contribution is 2.27. The van der Waals surface area contributed by atoms with Crippen molar-refractivity contribution in [2.45, 2.75) is 44.9 Å². The predicted octanol–water partition coefficient (Wildman–Crippen LogP) is 2.29. The Balaban J connectivity index is 1.33. The largest absolute Gasteiger partial charge is 0.465 e. The Morgan fingerprint density at radius 3 is 2.71 bits per heavy atom. The summed E-state index contributed by atoms with van der Waals surface area (Å²) in [5, 5.41) is 0. The molecule has 3 saturated heterocycles. The predicted molar refractivity (Wildman–Crippen MR) is 92.0 cm³/mol. The number of fused-ring (bicyclic) bond motifs is 1. The van der Waals surface area contributed by atoms with Crippen molar-refractivity contribution in [3.8, 4) is 0 Å². The molecule has 0 aliphatic carbocycles. The molecule has 0 N–H and O–H groups in total. The van der Waals surface area contributed by atoms with Crippen molar-refractivity contribution >= 4 is 0 Å². The van der Waals surface area contributed by atoms with E-state index in [0.29, 0.717) is 18.1 Å². The molecule has 0 bridgehead atoms. The number of nitrogens with zero attached hydrogens (tertiary/aromatic N) is 2. The maximum atomic E-state index is 6.26. The Kier molecular flexibility index (Phi) is 5.22. The third-order valence-electron chi connectivity index (χ3n) is 5.84. The van der Waals surface area contributed by atoms with Gasteiger partial charge >= 0.3 is 0 Å². The number of aryl methyl sites for hydroxylation is 1. The molecule has 0 spiro atoms. The van der Waals surface area contributed by atoms with Crippen molar-refractivity contribution in [1.82, 2.24) is 9.80 Å². The summed E-state index contributed by atoms with van der Waals surface area (Å²) in [4.78, 5) is 5.17. The van der Waals surface area contributed by atoms with E-state index in [2.05, 4.69) is 21.9 Å². The van der Waals surface area contributed by atoms with Gasteiger partial charge in [0.1, 0.15) is 11.5 Å². The Bertz CT molecular complexity index is 526. The summed E-state index contributed by atoms with van der Waals surface area (Å²) in [5.74, 6) is 2.74. The summed E-state index contributed by atoms with van der Waals surface area (Å²) in [5.41, 5.74) is 0. The molecule has 134 valence electrons. The normalized spacial score (nSPS) is 30.9. The first kappa shape index (κ1) is 16.6. The van der Waals surface area contributed by atoms with Crippen LogP contribution >= 0.6 is 0 Å². The lowest BCUT2D eigenvalue weighted by atomic mass is 9.92. The third-order valence-corrected chi connectivity index (χ3v) is 5.84. The molecule has 2 atom stereocenters. The average molecular weight is 334 g/mol. The van der Waals surface area contributed by atoms with E-state index in [1.807, 2.05) is 6.92 Å². The van der Waals surface area contributed by atoms with Crippen molar-refractivity contribution in [3.05, 3.63) is 23.7 Å². The van der Waals surface area contributed by atoms with Gasteiger partial charge in [0, 0.05) is 44.8 Å². The molecule has 3 aliphatic rings. The number of likely N-dealkylation sites (tertiary alicyclic amines) is 1. The number of hydrogen-bond donors (Lipinski definition) is 0. The van der Waals surface area contributed by atoms with Crippen LogP contribution in [0.2, 0.25) is 0 Å². The minimum Gasteiger partial charge on any atom is -0.465 e. The van der Waals surface area contributed by atoms with Gasteiger partial charge in [-0.25, -0.2) is 0 Å². The second-order valence-corrected chi connectivity index (χ2v) is 7.54. The quantitative estimate of drug-likeness (QED) is 0.848. The third kappa shape index (κ3) is 3.85. The highest BCUT2D eigenvalue weighted by Gasteiger charge is 2.35. The summed E-state index contributed by atoms with van der Waals surface area (Å²) >= 11 is 0. The molecule has 4 heterocycles. The van der Waals surface area contributed by atoms with Gasteiger partial charge in [0.25, 0.3) is 0 Å². The second-order valence-electron chi connectivity index (χ2n) is 7.54. The fraction of sp³-hybridized carbons (Fsp3) is 0.789. The molecular formula is C19H30N2O3. The number of hydrogen-bond acceptors (Lipinski definition) is 5. The Labute approximate surface area is 144 Å². The average Bonchev–Trinajstić information content (AvgIpc) is 2.89. The van der Waals surface area contributed by atoms with Gasteiger partial charge in [0.05, 0.1) is 19.3 Å². The standard InChI is InChI=1S/C19H30N2O3/c1-15-2-3-18(24-15)13-20-7-4-16-12-21(8-11-23-19(16)14-20)17-5-9-22-10-6-17/h2-3,16-17,19H,4-14H2,1H3/t16-,19-/m1/s1. The van der Waals surface area contributed by atoms with Crippen LogP contribution in [0.1, 0.15) is 30.8 Å². The van der Waals surface area contributed by atoms with E-state index < -0.39 is 0 Å². The molecule has 3 fully saturated rings. The molecule has 5 heteroatoms. The van der Waals surface area contributed by atoms with Crippen molar-refractivity contribution in [3.63, 3.8) is 0 Å². The Morgan fingerprint density at radius 2 is 1.92 bits per heavy atom. The van der Waals surface area contributed by atoms with E-state index >= 15 is 0 Å². The summed E-state index contributed by atoms with van der Waals surface area (Å²) in [6.45, 7) is 10.1. The molecule has 0 saturated carbocycles. The van der Waals surface area contributed by atoms with Crippen LogP contribution in [0.25, 0.3) is 0 Å². The van der Waals surface area contributed by atoms with Crippen LogP contribution < -0.4 is 0 Å². The van der Waals surface area contributed by atoms with Gasteiger partial charge in [0.15, 0.2) is 0 Å². The van der Waals surface area contributed by atoms with E-state index in [-0.39, 0.29) is 0 Å². The van der Waals surface area contributed by atoms with E-state index in [1.165, 1.54) is 25.8 Å². The SMILES string of the molecule is Cc1ccc(CN2CC[C@@H]3CN(C4CCOCC4)CCO[C@@H]3C2)o1. The first-order valence-corrected chi connectivity index (χ1v) is 9.49. The zero-order valence-corrected chi connectivity index (χ0v) is 14.8. The van der Waals surface area contributed by atoms with E-state index in [4.69, 9.17) is 13.9 Å². The van der Waals surface area contributed by atoms with Crippen LogP contribution in [0.5, 0.6) is 0 Å². The lowest BCUT2D eigenvalue weighted by Gasteiger charge is -2.39. The Morgan fingerprint density at radius 1 is 1.04 bits per heavy atom. The van der Waals surface area contributed by atoms with Gasteiger partial charge in [-0.1, -0.05) is 0 Å². The fourth-order valence-electron chi connectivity index (χ4n) is 4.46. The summed E-state index contributed by atoms with van der Waals surface area (Å²) in [6.07, 6.45) is 3.96. The van der Waals surface area contributed by atoms with E-state index in [0.717, 1.165) is 57.5 Å². The van der Waals surface area contributed by atoms with Crippen molar-refractivity contribution in [2.24, 2.45) is 5.92 Å². The Hall–Kier alpha value is -0.880. The lowest BCUT2D eigenvalue weighted by molar-refractivity contribution is -0.0259. The van der Waals surface area contributed by atoms with Crippen LogP contribution in [-0.2, 0) is 16.0 Å². The van der Waals surface area contributed by atoms with Gasteiger partial charge in [0.2, 0.25) is 0 Å². The van der Waals surface area contributed by atoms with E-state index in [1.54, 1.807) is 0 Å². The van der Waals surface area contributed by atoms with E-state index in [9.17, 15) is 0 Å². The maximum Gasteiger partial charge on any atom is 0.118 e. The molecule has 0 aromatic carbocycles. The zero-order valence-electron chi connectivity index (χ0n) is 14.8. The number of piperidine rings is 1. The number of ether oxygens (including phenoxy) is 2. The molecule has 0 amide bonds. The van der Waals surface area contributed by atoms with Gasteiger partial charge < -0.3 is 13.9 Å². The molecule has 0 unspecified atom stereocenters. The minimum atomic E-state index is 0.375. The number of furan rings is 1. The molecule has 24 heavy (non-hydrogen) atoms.